The van der Waals surface area contributed by atoms with Gasteiger partial charge in [-0.25, -0.2) is 0 Å². The Labute approximate surface area is 207 Å². The fraction of sp³-hybridized carbons (Fsp3) is 0.407. The SMILES string of the molecule is C=C(C)C1COc2c(C)cc3oc4c(C(O)C(O)C(C)(C)O)ccc(O)c4c(=O)c3c2C1OC(C)=O. The van der Waals surface area contributed by atoms with Crippen molar-refractivity contribution in [2.24, 2.45) is 5.92 Å². The van der Waals surface area contributed by atoms with Gasteiger partial charge in [0.1, 0.15) is 46.4 Å². The van der Waals surface area contributed by atoms with Gasteiger partial charge in [0.2, 0.25) is 5.43 Å². The number of carbonyl (C=O) groups excluding carboxylic acids is 1. The average molecular weight is 499 g/mol. The number of aromatic hydroxyl groups is 1. The van der Waals surface area contributed by atoms with Crippen LogP contribution in [-0.4, -0.2) is 44.7 Å². The molecule has 0 bridgehead atoms. The number of aliphatic hydroxyl groups is 3. The number of aliphatic hydroxyl groups excluding tert-OH is 2. The van der Waals surface area contributed by atoms with Crippen molar-refractivity contribution in [3.8, 4) is 11.5 Å². The van der Waals surface area contributed by atoms with Crippen molar-refractivity contribution in [3.63, 3.8) is 0 Å². The zero-order chi connectivity index (χ0) is 26.7. The number of hydrogen-bond acceptors (Lipinski definition) is 9. The summed E-state index contributed by atoms with van der Waals surface area (Å²) in [5, 5.41) is 42.0. The van der Waals surface area contributed by atoms with E-state index in [1.807, 2.05) is 0 Å². The van der Waals surface area contributed by atoms with Gasteiger partial charge in [-0.05, 0) is 51.5 Å². The van der Waals surface area contributed by atoms with Crippen LogP contribution in [0.2, 0.25) is 0 Å². The van der Waals surface area contributed by atoms with Crippen LogP contribution in [-0.2, 0) is 9.53 Å². The number of hydrogen-bond donors (Lipinski definition) is 4. The Bertz CT molecular complexity index is 1440. The highest BCUT2D eigenvalue weighted by molar-refractivity contribution is 5.97. The van der Waals surface area contributed by atoms with Crippen molar-refractivity contribution in [2.45, 2.75) is 58.5 Å². The molecule has 2 aromatic carbocycles. The Morgan fingerprint density at radius 1 is 1.22 bits per heavy atom. The highest BCUT2D eigenvalue weighted by atomic mass is 16.6. The van der Waals surface area contributed by atoms with Gasteiger partial charge < -0.3 is 34.3 Å². The maximum Gasteiger partial charge on any atom is 0.303 e. The van der Waals surface area contributed by atoms with Crippen LogP contribution in [0.4, 0.5) is 0 Å². The normalized spacial score (nSPS) is 19.4. The van der Waals surface area contributed by atoms with E-state index in [4.69, 9.17) is 13.9 Å². The summed E-state index contributed by atoms with van der Waals surface area (Å²) in [5.41, 5.74) is -0.672. The maximum atomic E-state index is 13.9. The first-order valence-corrected chi connectivity index (χ1v) is 11.5. The minimum atomic E-state index is -1.66. The molecule has 9 heteroatoms. The fourth-order valence-electron chi connectivity index (χ4n) is 4.70. The van der Waals surface area contributed by atoms with E-state index in [-0.39, 0.29) is 34.1 Å². The van der Waals surface area contributed by atoms with Crippen molar-refractivity contribution < 1.29 is 39.1 Å². The predicted octanol–water partition coefficient (Wildman–Crippen LogP) is 3.31. The lowest BCUT2D eigenvalue weighted by Gasteiger charge is -2.34. The molecule has 3 aromatic rings. The van der Waals surface area contributed by atoms with Gasteiger partial charge >= 0.3 is 5.97 Å². The first kappa shape index (κ1) is 25.7. The molecule has 1 aliphatic rings. The number of carbonyl (C=O) groups is 1. The van der Waals surface area contributed by atoms with Crippen molar-refractivity contribution in [1.82, 2.24) is 0 Å². The van der Waals surface area contributed by atoms with Gasteiger partial charge in [-0.2, -0.15) is 0 Å². The summed E-state index contributed by atoms with van der Waals surface area (Å²) in [4.78, 5) is 25.9. The molecule has 0 spiro atoms. The van der Waals surface area contributed by atoms with E-state index in [9.17, 15) is 30.0 Å². The zero-order valence-corrected chi connectivity index (χ0v) is 20.8. The molecule has 36 heavy (non-hydrogen) atoms. The molecule has 1 aliphatic heterocycles. The van der Waals surface area contributed by atoms with Crippen molar-refractivity contribution in [2.75, 3.05) is 6.61 Å². The lowest BCUT2D eigenvalue weighted by molar-refractivity contribution is -0.150. The van der Waals surface area contributed by atoms with Crippen LogP contribution in [0.1, 0.15) is 56.6 Å². The Hall–Kier alpha value is -3.40. The lowest BCUT2D eigenvalue weighted by atomic mass is 9.85. The van der Waals surface area contributed by atoms with Crippen LogP contribution >= 0.6 is 0 Å². The summed E-state index contributed by atoms with van der Waals surface area (Å²) in [6, 6.07) is 4.12. The van der Waals surface area contributed by atoms with Gasteiger partial charge in [0.25, 0.3) is 0 Å². The molecule has 0 saturated carbocycles. The summed E-state index contributed by atoms with van der Waals surface area (Å²) in [5.74, 6) is -0.995. The molecule has 4 unspecified atom stereocenters. The van der Waals surface area contributed by atoms with E-state index in [0.717, 1.165) is 0 Å². The second-order valence-electron chi connectivity index (χ2n) is 9.96. The maximum absolute atomic E-state index is 13.9. The van der Waals surface area contributed by atoms with Crippen LogP contribution in [0.3, 0.4) is 0 Å². The van der Waals surface area contributed by atoms with Crippen LogP contribution in [0, 0.1) is 12.8 Å². The standard InChI is InChI=1S/C27H30O9/c1-11(2)15-10-34-23-12(3)9-17-19(20(23)25(15)35-13(4)28)22(31)18-16(29)8-7-14(24(18)36-17)21(30)26(32)27(5,6)33/h7-9,15,21,25-26,29-30,32-33H,1,10H2,2-6H3. The molecule has 1 aromatic heterocycles. The van der Waals surface area contributed by atoms with E-state index in [0.29, 0.717) is 22.4 Å². The Balaban J connectivity index is 2.10. The molecule has 0 aliphatic carbocycles. The molecular weight excluding hydrogens is 468 g/mol. The number of ether oxygens (including phenoxy) is 2. The van der Waals surface area contributed by atoms with Gasteiger partial charge in [-0.1, -0.05) is 12.2 Å². The van der Waals surface area contributed by atoms with Crippen LogP contribution in [0.25, 0.3) is 21.9 Å². The highest BCUT2D eigenvalue weighted by Crippen LogP contribution is 2.46. The largest absolute Gasteiger partial charge is 0.507 e. The number of phenols is 1. The third kappa shape index (κ3) is 4.13. The van der Waals surface area contributed by atoms with Crippen molar-refractivity contribution >= 4 is 27.9 Å². The molecule has 4 N–H and O–H groups in total. The van der Waals surface area contributed by atoms with E-state index < -0.39 is 47.0 Å². The fourth-order valence-corrected chi connectivity index (χ4v) is 4.70. The first-order chi connectivity index (χ1) is 16.7. The van der Waals surface area contributed by atoms with Gasteiger partial charge in [0.05, 0.1) is 29.1 Å². The molecule has 0 saturated heterocycles. The lowest BCUT2D eigenvalue weighted by Crippen LogP contribution is -2.40. The van der Waals surface area contributed by atoms with Gasteiger partial charge in [-0.15, -0.1) is 0 Å². The molecule has 0 fully saturated rings. The molecular formula is C27H30O9. The Morgan fingerprint density at radius 3 is 2.47 bits per heavy atom. The topological polar surface area (TPSA) is 147 Å². The number of aryl methyl sites for hydroxylation is 1. The summed E-state index contributed by atoms with van der Waals surface area (Å²) in [6.45, 7) is 11.6. The molecule has 9 nitrogen and oxygen atoms in total. The highest BCUT2D eigenvalue weighted by Gasteiger charge is 2.39. The van der Waals surface area contributed by atoms with E-state index in [1.165, 1.54) is 32.9 Å². The van der Waals surface area contributed by atoms with Gasteiger partial charge in [0.15, 0.2) is 0 Å². The minimum Gasteiger partial charge on any atom is -0.507 e. The number of benzene rings is 2. The van der Waals surface area contributed by atoms with Gasteiger partial charge in [-0.3, -0.25) is 9.59 Å². The third-order valence-electron chi connectivity index (χ3n) is 6.62. The van der Waals surface area contributed by atoms with Crippen LogP contribution < -0.4 is 10.2 Å². The van der Waals surface area contributed by atoms with Gasteiger partial charge in [0, 0.05) is 12.5 Å². The number of rotatable bonds is 5. The van der Waals surface area contributed by atoms with Crippen molar-refractivity contribution in [3.05, 3.63) is 57.3 Å². The molecule has 0 radical (unpaired) electrons. The monoisotopic (exact) mass is 498 g/mol. The van der Waals surface area contributed by atoms with E-state index in [1.54, 1.807) is 19.9 Å². The number of esters is 1. The summed E-state index contributed by atoms with van der Waals surface area (Å²) in [6.07, 6.45) is -4.12. The smallest absolute Gasteiger partial charge is 0.303 e. The molecule has 2 heterocycles. The van der Waals surface area contributed by atoms with Crippen LogP contribution in [0.15, 0.2) is 39.6 Å². The molecule has 4 atom stereocenters. The second kappa shape index (κ2) is 8.92. The third-order valence-corrected chi connectivity index (χ3v) is 6.62. The second-order valence-corrected chi connectivity index (χ2v) is 9.96. The summed E-state index contributed by atoms with van der Waals surface area (Å²) >= 11 is 0. The zero-order valence-electron chi connectivity index (χ0n) is 20.8. The summed E-state index contributed by atoms with van der Waals surface area (Å²) < 4.78 is 17.7. The number of phenolic OH excluding ortho intramolecular Hbond substituents is 1. The minimum absolute atomic E-state index is 0.0133. The first-order valence-electron chi connectivity index (χ1n) is 11.5. The predicted molar refractivity (Wildman–Crippen MR) is 132 cm³/mol. The summed E-state index contributed by atoms with van der Waals surface area (Å²) in [7, 11) is 0. The van der Waals surface area contributed by atoms with E-state index >= 15 is 0 Å². The molecule has 4 rings (SSSR count). The van der Waals surface area contributed by atoms with Crippen molar-refractivity contribution in [1.29, 1.82) is 0 Å². The molecule has 192 valence electrons. The van der Waals surface area contributed by atoms with E-state index in [2.05, 4.69) is 6.58 Å². The molecule has 0 amide bonds. The Kier molecular flexibility index (Phi) is 6.36. The quantitative estimate of drug-likeness (QED) is 0.236. The Morgan fingerprint density at radius 2 is 1.89 bits per heavy atom. The number of fused-ring (bicyclic) bond motifs is 4. The van der Waals surface area contributed by atoms with Crippen LogP contribution in [0.5, 0.6) is 11.5 Å². The average Bonchev–Trinajstić information content (AvgIpc) is 2.77.